The van der Waals surface area contributed by atoms with Gasteiger partial charge in [-0.1, -0.05) is 34.1 Å². The first-order valence-electron chi connectivity index (χ1n) is 8.00. The van der Waals surface area contributed by atoms with Crippen molar-refractivity contribution in [3.05, 3.63) is 56.7 Å². The summed E-state index contributed by atoms with van der Waals surface area (Å²) in [6.07, 6.45) is 3.96. The van der Waals surface area contributed by atoms with Crippen LogP contribution >= 0.6 is 15.9 Å². The Bertz CT molecular complexity index is 928. The third kappa shape index (κ3) is 2.89. The van der Waals surface area contributed by atoms with Crippen LogP contribution < -0.4 is 5.56 Å². The lowest BCUT2D eigenvalue weighted by atomic mass is 10.1. The quantitative estimate of drug-likeness (QED) is 0.748. The van der Waals surface area contributed by atoms with Crippen molar-refractivity contribution in [2.45, 2.75) is 25.3 Å². The van der Waals surface area contributed by atoms with Crippen molar-refractivity contribution in [2.24, 2.45) is 0 Å². The molecular weight excluding hydrogens is 372 g/mol. The van der Waals surface area contributed by atoms with E-state index in [9.17, 15) is 4.79 Å². The van der Waals surface area contributed by atoms with Crippen LogP contribution in [-0.2, 0) is 11.2 Å². The fourth-order valence-corrected chi connectivity index (χ4v) is 3.51. The van der Waals surface area contributed by atoms with Gasteiger partial charge in [0.15, 0.2) is 5.65 Å². The smallest absolute Gasteiger partial charge is 0.262 e. The highest BCUT2D eigenvalue weighted by Crippen LogP contribution is 2.24. The lowest BCUT2D eigenvalue weighted by Gasteiger charge is -2.22. The summed E-state index contributed by atoms with van der Waals surface area (Å²) in [5, 5.41) is 4.95. The highest BCUT2D eigenvalue weighted by Gasteiger charge is 2.20. The molecule has 0 spiro atoms. The molecule has 1 aliphatic rings. The summed E-state index contributed by atoms with van der Waals surface area (Å²) in [4.78, 5) is 20.0. The summed E-state index contributed by atoms with van der Waals surface area (Å²) < 4.78 is 8.31. The largest absolute Gasteiger partial charge is 0.381 e. The molecule has 1 fully saturated rings. The Labute approximate surface area is 147 Å². The second-order valence-electron chi connectivity index (χ2n) is 5.95. The maximum Gasteiger partial charge on any atom is 0.262 e. The number of nitrogens with zero attached hydrogens (tertiary/aromatic N) is 3. The Balaban J connectivity index is 1.75. The Morgan fingerprint density at radius 2 is 2.08 bits per heavy atom. The predicted octanol–water partition coefficient (Wildman–Crippen LogP) is 2.82. The van der Waals surface area contributed by atoms with E-state index in [1.165, 1.54) is 0 Å². The van der Waals surface area contributed by atoms with Gasteiger partial charge in [-0.05, 0) is 24.5 Å². The zero-order valence-electron chi connectivity index (χ0n) is 13.0. The van der Waals surface area contributed by atoms with Gasteiger partial charge in [-0.25, -0.2) is 9.67 Å². The number of hydrogen-bond donors (Lipinski definition) is 1. The Hall–Kier alpha value is -1.99. The lowest BCUT2D eigenvalue weighted by Crippen LogP contribution is -2.21. The van der Waals surface area contributed by atoms with E-state index in [4.69, 9.17) is 9.72 Å². The van der Waals surface area contributed by atoms with Gasteiger partial charge in [-0.3, -0.25) is 4.79 Å². The van der Waals surface area contributed by atoms with Crippen LogP contribution in [0.25, 0.3) is 11.0 Å². The topological polar surface area (TPSA) is 72.8 Å². The number of halogens is 1. The number of aromatic nitrogens is 4. The molecule has 0 bridgehead atoms. The van der Waals surface area contributed by atoms with E-state index < -0.39 is 0 Å². The summed E-state index contributed by atoms with van der Waals surface area (Å²) in [5.74, 6) is 0.646. The minimum absolute atomic E-state index is 0.139. The zero-order valence-corrected chi connectivity index (χ0v) is 14.6. The summed E-state index contributed by atoms with van der Waals surface area (Å²) in [7, 11) is 0. The molecule has 0 amide bonds. The number of ether oxygens (including phenoxy) is 1. The third-order valence-electron chi connectivity index (χ3n) is 4.36. The maximum atomic E-state index is 12.4. The van der Waals surface area contributed by atoms with Crippen molar-refractivity contribution in [2.75, 3.05) is 13.2 Å². The first-order chi connectivity index (χ1) is 11.7. The third-order valence-corrected chi connectivity index (χ3v) is 5.14. The molecule has 2 aromatic heterocycles. The Morgan fingerprint density at radius 3 is 2.88 bits per heavy atom. The van der Waals surface area contributed by atoms with E-state index in [-0.39, 0.29) is 11.6 Å². The molecule has 1 aromatic carbocycles. The van der Waals surface area contributed by atoms with Crippen LogP contribution in [0.15, 0.2) is 39.7 Å². The van der Waals surface area contributed by atoms with Crippen molar-refractivity contribution < 1.29 is 4.74 Å². The van der Waals surface area contributed by atoms with Gasteiger partial charge < -0.3 is 9.72 Å². The minimum atomic E-state index is -0.139. The zero-order chi connectivity index (χ0) is 16.5. The number of H-pyrrole nitrogens is 1. The first-order valence-corrected chi connectivity index (χ1v) is 8.79. The van der Waals surface area contributed by atoms with Gasteiger partial charge in [0.25, 0.3) is 5.56 Å². The molecule has 0 atom stereocenters. The van der Waals surface area contributed by atoms with Crippen LogP contribution in [0.5, 0.6) is 0 Å². The molecule has 3 heterocycles. The van der Waals surface area contributed by atoms with E-state index in [0.717, 1.165) is 36.1 Å². The number of aromatic amines is 1. The molecule has 1 N–H and O–H groups in total. The average Bonchev–Trinajstić information content (AvgIpc) is 3.02. The van der Waals surface area contributed by atoms with Gasteiger partial charge in [-0.2, -0.15) is 5.10 Å². The van der Waals surface area contributed by atoms with E-state index >= 15 is 0 Å². The summed E-state index contributed by atoms with van der Waals surface area (Å²) in [6, 6.07) is 8.18. The van der Waals surface area contributed by atoms with Crippen molar-refractivity contribution in [1.29, 1.82) is 0 Å². The average molecular weight is 389 g/mol. The van der Waals surface area contributed by atoms with Crippen LogP contribution in [0.2, 0.25) is 0 Å². The van der Waals surface area contributed by atoms with Crippen molar-refractivity contribution in [3.63, 3.8) is 0 Å². The molecule has 3 aromatic rings. The van der Waals surface area contributed by atoms with Crippen LogP contribution in [0.1, 0.15) is 30.3 Å². The van der Waals surface area contributed by atoms with Crippen LogP contribution in [-0.4, -0.2) is 33.0 Å². The van der Waals surface area contributed by atoms with Crippen LogP contribution in [0, 0.1) is 0 Å². The van der Waals surface area contributed by atoms with E-state index in [1.807, 2.05) is 28.9 Å². The fourth-order valence-electron chi connectivity index (χ4n) is 3.08. The van der Waals surface area contributed by atoms with Crippen molar-refractivity contribution >= 4 is 27.0 Å². The first kappa shape index (κ1) is 15.5. The molecule has 24 heavy (non-hydrogen) atoms. The molecule has 6 nitrogen and oxygen atoms in total. The predicted molar refractivity (Wildman–Crippen MR) is 94.2 cm³/mol. The molecule has 124 valence electrons. The molecule has 0 aliphatic carbocycles. The number of hydrogen-bond acceptors (Lipinski definition) is 4. The second kappa shape index (κ2) is 6.49. The van der Waals surface area contributed by atoms with Crippen molar-refractivity contribution in [1.82, 2.24) is 19.7 Å². The van der Waals surface area contributed by atoms with Gasteiger partial charge in [0.2, 0.25) is 0 Å². The minimum Gasteiger partial charge on any atom is -0.381 e. The molecular formula is C17H17BrN4O2. The molecule has 0 radical (unpaired) electrons. The number of nitrogens with one attached hydrogen (secondary N) is 1. The Morgan fingerprint density at radius 1 is 1.29 bits per heavy atom. The monoisotopic (exact) mass is 388 g/mol. The van der Waals surface area contributed by atoms with E-state index in [2.05, 4.69) is 26.0 Å². The summed E-state index contributed by atoms with van der Waals surface area (Å²) >= 11 is 3.54. The molecule has 1 saturated heterocycles. The number of benzene rings is 1. The molecule has 0 saturated carbocycles. The normalized spacial score (nSPS) is 15.9. The summed E-state index contributed by atoms with van der Waals surface area (Å²) in [5.41, 5.74) is 1.60. The molecule has 7 heteroatoms. The fraction of sp³-hybridized carbons (Fsp3) is 0.353. The van der Waals surface area contributed by atoms with Gasteiger partial charge in [-0.15, -0.1) is 0 Å². The lowest BCUT2D eigenvalue weighted by molar-refractivity contribution is 0.0673. The summed E-state index contributed by atoms with van der Waals surface area (Å²) in [6.45, 7) is 1.44. The number of fused-ring (bicyclic) bond motifs is 1. The van der Waals surface area contributed by atoms with Gasteiger partial charge in [0.05, 0.1) is 12.2 Å². The number of rotatable bonds is 3. The van der Waals surface area contributed by atoms with Crippen molar-refractivity contribution in [3.8, 4) is 0 Å². The SMILES string of the molecule is O=c1[nH]c(Cc2ccccc2Br)nc2c1cnn2C1CCOCC1. The standard InChI is InChI=1S/C17H17BrN4O2/c18-14-4-2-1-3-11(14)9-15-20-16-13(17(23)21-15)10-19-22(16)12-5-7-24-8-6-12/h1-4,10,12H,5-9H2,(H,20,21,23). The second-order valence-corrected chi connectivity index (χ2v) is 6.81. The van der Waals surface area contributed by atoms with Gasteiger partial charge in [0.1, 0.15) is 11.2 Å². The van der Waals surface area contributed by atoms with Crippen LogP contribution in [0.4, 0.5) is 0 Å². The van der Waals surface area contributed by atoms with Gasteiger partial charge >= 0.3 is 0 Å². The van der Waals surface area contributed by atoms with E-state index in [0.29, 0.717) is 23.3 Å². The van der Waals surface area contributed by atoms with Gasteiger partial charge in [0, 0.05) is 24.1 Å². The highest BCUT2D eigenvalue weighted by atomic mass is 79.9. The highest BCUT2D eigenvalue weighted by molar-refractivity contribution is 9.10. The van der Waals surface area contributed by atoms with E-state index in [1.54, 1.807) is 6.20 Å². The molecule has 0 unspecified atom stereocenters. The maximum absolute atomic E-state index is 12.4. The molecule has 4 rings (SSSR count). The Kier molecular flexibility index (Phi) is 4.20. The van der Waals surface area contributed by atoms with Crippen LogP contribution in [0.3, 0.4) is 0 Å². The molecule has 1 aliphatic heterocycles.